The Morgan fingerprint density at radius 3 is 2.67 bits per heavy atom. The zero-order valence-corrected chi connectivity index (χ0v) is 16.2. The number of hydrogen-bond acceptors (Lipinski definition) is 3. The minimum Gasteiger partial charge on any atom is -0.497 e. The lowest BCUT2D eigenvalue weighted by molar-refractivity contribution is 0.414. The highest BCUT2D eigenvalue weighted by molar-refractivity contribution is 7.99. The van der Waals surface area contributed by atoms with Crippen LogP contribution in [-0.4, -0.2) is 44.2 Å². The van der Waals surface area contributed by atoms with Crippen molar-refractivity contribution in [2.75, 3.05) is 27.0 Å². The molecule has 1 saturated carbocycles. The molecule has 1 aromatic rings. The monoisotopic (exact) mass is 349 g/mol. The maximum atomic E-state index is 5.22. The molecule has 3 unspecified atom stereocenters. The highest BCUT2D eigenvalue weighted by Gasteiger charge is 2.24. The summed E-state index contributed by atoms with van der Waals surface area (Å²) in [5, 5.41) is 7.83. The van der Waals surface area contributed by atoms with Crippen LogP contribution in [0.3, 0.4) is 0 Å². The Labute approximate surface area is 150 Å². The maximum Gasteiger partial charge on any atom is 0.191 e. The van der Waals surface area contributed by atoms with Crippen LogP contribution >= 0.6 is 11.8 Å². The number of nitrogens with one attached hydrogen (secondary N) is 2. The van der Waals surface area contributed by atoms with Crippen LogP contribution in [0.25, 0.3) is 0 Å². The number of rotatable bonds is 7. The fourth-order valence-electron chi connectivity index (χ4n) is 3.18. The predicted octanol–water partition coefficient (Wildman–Crippen LogP) is 3.64. The number of aliphatic imine (C=N–C) groups is 1. The first-order valence-electron chi connectivity index (χ1n) is 8.80. The predicted molar refractivity (Wildman–Crippen MR) is 105 cm³/mol. The van der Waals surface area contributed by atoms with Crippen LogP contribution in [0, 0.1) is 0 Å². The molecule has 0 amide bonds. The number of benzene rings is 1. The maximum absolute atomic E-state index is 5.22. The van der Waals surface area contributed by atoms with Crippen LogP contribution in [-0.2, 0) is 0 Å². The van der Waals surface area contributed by atoms with Gasteiger partial charge in [0, 0.05) is 24.9 Å². The zero-order valence-electron chi connectivity index (χ0n) is 15.3. The average Bonchev–Trinajstić information content (AvgIpc) is 3.08. The van der Waals surface area contributed by atoms with Crippen molar-refractivity contribution in [1.82, 2.24) is 10.6 Å². The van der Waals surface area contributed by atoms with Gasteiger partial charge in [-0.15, -0.1) is 0 Å². The van der Waals surface area contributed by atoms with Crippen LogP contribution in [0.2, 0.25) is 0 Å². The van der Waals surface area contributed by atoms with Gasteiger partial charge in [0.2, 0.25) is 0 Å². The summed E-state index contributed by atoms with van der Waals surface area (Å²) in [4.78, 5) is 4.37. The van der Waals surface area contributed by atoms with E-state index in [1.54, 1.807) is 7.11 Å². The smallest absolute Gasteiger partial charge is 0.191 e. The second-order valence-corrected chi connectivity index (χ2v) is 7.61. The van der Waals surface area contributed by atoms with Gasteiger partial charge in [-0.2, -0.15) is 11.8 Å². The van der Waals surface area contributed by atoms with E-state index in [1.807, 2.05) is 30.9 Å². The minimum absolute atomic E-state index is 0.508. The van der Waals surface area contributed by atoms with E-state index in [-0.39, 0.29) is 0 Å². The molecule has 1 fully saturated rings. The van der Waals surface area contributed by atoms with E-state index in [0.29, 0.717) is 12.0 Å². The Hall–Kier alpha value is -1.36. The summed E-state index contributed by atoms with van der Waals surface area (Å²) in [5.74, 6) is 2.35. The van der Waals surface area contributed by atoms with Crippen molar-refractivity contribution in [3.05, 3.63) is 29.8 Å². The first-order chi connectivity index (χ1) is 11.7. The summed E-state index contributed by atoms with van der Waals surface area (Å²) in [6.07, 6.45) is 7.08. The molecule has 0 bridgehead atoms. The highest BCUT2D eigenvalue weighted by atomic mass is 32.2. The average molecular weight is 350 g/mol. The molecule has 4 nitrogen and oxygen atoms in total. The number of methoxy groups -OCH3 is 1. The first kappa shape index (κ1) is 19.0. The summed E-state index contributed by atoms with van der Waals surface area (Å²) in [7, 11) is 3.55. The molecule has 0 aliphatic heterocycles. The molecule has 0 spiro atoms. The van der Waals surface area contributed by atoms with Gasteiger partial charge in [-0.05, 0) is 55.6 Å². The van der Waals surface area contributed by atoms with Gasteiger partial charge < -0.3 is 15.4 Å². The first-order valence-corrected chi connectivity index (χ1v) is 10.1. The van der Waals surface area contributed by atoms with Crippen LogP contribution in [0.5, 0.6) is 5.75 Å². The van der Waals surface area contributed by atoms with Crippen molar-refractivity contribution in [2.24, 2.45) is 4.99 Å². The van der Waals surface area contributed by atoms with Gasteiger partial charge in [0.15, 0.2) is 5.96 Å². The van der Waals surface area contributed by atoms with E-state index >= 15 is 0 Å². The van der Waals surface area contributed by atoms with E-state index in [4.69, 9.17) is 4.74 Å². The van der Waals surface area contributed by atoms with Gasteiger partial charge in [0.25, 0.3) is 0 Å². The minimum atomic E-state index is 0.508. The van der Waals surface area contributed by atoms with E-state index < -0.39 is 0 Å². The largest absolute Gasteiger partial charge is 0.497 e. The van der Waals surface area contributed by atoms with Gasteiger partial charge in [-0.3, -0.25) is 4.99 Å². The van der Waals surface area contributed by atoms with Crippen molar-refractivity contribution in [1.29, 1.82) is 0 Å². The van der Waals surface area contributed by atoms with Crippen molar-refractivity contribution < 1.29 is 4.74 Å². The third kappa shape index (κ3) is 5.62. The quantitative estimate of drug-likeness (QED) is 0.583. The fraction of sp³-hybridized carbons (Fsp3) is 0.632. The highest BCUT2D eigenvalue weighted by Crippen LogP contribution is 2.28. The molecule has 24 heavy (non-hydrogen) atoms. The molecule has 1 aliphatic rings. The Morgan fingerprint density at radius 1 is 1.33 bits per heavy atom. The van der Waals surface area contributed by atoms with Gasteiger partial charge >= 0.3 is 0 Å². The number of thioether (sulfide) groups is 1. The SMILES string of the molecule is CN=C(NCCC(C)c1ccc(OC)cc1)NC1CCC(SC)C1. The molecule has 0 heterocycles. The molecule has 0 radical (unpaired) electrons. The lowest BCUT2D eigenvalue weighted by Gasteiger charge is -2.19. The molecule has 134 valence electrons. The topological polar surface area (TPSA) is 45.7 Å². The van der Waals surface area contributed by atoms with Gasteiger partial charge in [0.05, 0.1) is 7.11 Å². The normalized spacial score (nSPS) is 22.2. The molecular weight excluding hydrogens is 318 g/mol. The number of hydrogen-bond donors (Lipinski definition) is 2. The van der Waals surface area contributed by atoms with Gasteiger partial charge in [-0.1, -0.05) is 19.1 Å². The van der Waals surface area contributed by atoms with Crippen molar-refractivity contribution in [3.63, 3.8) is 0 Å². The van der Waals surface area contributed by atoms with E-state index in [0.717, 1.165) is 29.9 Å². The molecule has 2 N–H and O–H groups in total. The molecule has 3 atom stereocenters. The third-order valence-corrected chi connectivity index (χ3v) is 5.93. The standard InChI is InChI=1S/C19H31N3OS/c1-14(15-5-8-17(23-3)9-6-15)11-12-21-19(20-2)22-16-7-10-18(13-16)24-4/h5-6,8-9,14,16,18H,7,10-13H2,1-4H3,(H2,20,21,22). The Morgan fingerprint density at radius 2 is 2.08 bits per heavy atom. The number of nitrogens with zero attached hydrogens (tertiary/aromatic N) is 1. The van der Waals surface area contributed by atoms with Gasteiger partial charge in [-0.25, -0.2) is 0 Å². The third-order valence-electron chi connectivity index (χ3n) is 4.84. The number of guanidine groups is 1. The molecule has 1 aromatic carbocycles. The Bertz CT molecular complexity index is 518. The second-order valence-electron chi connectivity index (χ2n) is 6.47. The van der Waals surface area contributed by atoms with Gasteiger partial charge in [0.1, 0.15) is 5.75 Å². The van der Waals surface area contributed by atoms with Crippen LogP contribution < -0.4 is 15.4 Å². The molecule has 2 rings (SSSR count). The van der Waals surface area contributed by atoms with Crippen LogP contribution in [0.4, 0.5) is 0 Å². The summed E-state index contributed by atoms with van der Waals surface area (Å²) >= 11 is 1.98. The van der Waals surface area contributed by atoms with E-state index in [1.165, 1.54) is 24.8 Å². The zero-order chi connectivity index (χ0) is 17.4. The summed E-state index contributed by atoms with van der Waals surface area (Å²) < 4.78 is 5.22. The van der Waals surface area contributed by atoms with Crippen molar-refractivity contribution >= 4 is 17.7 Å². The summed E-state index contributed by atoms with van der Waals surface area (Å²) in [5.41, 5.74) is 1.35. The molecule has 5 heteroatoms. The lowest BCUT2D eigenvalue weighted by Crippen LogP contribution is -2.43. The summed E-state index contributed by atoms with van der Waals surface area (Å²) in [6, 6.07) is 8.92. The molecule has 0 saturated heterocycles. The van der Waals surface area contributed by atoms with Crippen molar-refractivity contribution in [2.45, 2.75) is 49.8 Å². The second kappa shape index (κ2) is 9.82. The molecular formula is C19H31N3OS. The Kier molecular flexibility index (Phi) is 7.76. The molecule has 0 aromatic heterocycles. The fourth-order valence-corrected chi connectivity index (χ4v) is 3.98. The van der Waals surface area contributed by atoms with Crippen LogP contribution in [0.1, 0.15) is 44.1 Å². The Balaban J connectivity index is 1.73. The number of ether oxygens (including phenoxy) is 1. The van der Waals surface area contributed by atoms with E-state index in [2.05, 4.69) is 40.9 Å². The summed E-state index contributed by atoms with van der Waals surface area (Å²) in [6.45, 7) is 3.19. The lowest BCUT2D eigenvalue weighted by atomic mass is 9.98. The van der Waals surface area contributed by atoms with Crippen molar-refractivity contribution in [3.8, 4) is 5.75 Å². The molecule has 1 aliphatic carbocycles. The van der Waals surface area contributed by atoms with Crippen LogP contribution in [0.15, 0.2) is 29.3 Å². The van der Waals surface area contributed by atoms with E-state index in [9.17, 15) is 0 Å².